The van der Waals surface area contributed by atoms with E-state index in [2.05, 4.69) is 24.7 Å². The first kappa shape index (κ1) is 17.0. The molecule has 4 rings (SSSR count). The van der Waals surface area contributed by atoms with E-state index in [0.717, 1.165) is 10.9 Å². The molecule has 0 radical (unpaired) electrons. The maximum Gasteiger partial charge on any atom is 0.357 e. The van der Waals surface area contributed by atoms with Gasteiger partial charge in [-0.15, -0.1) is 11.3 Å². The number of hydrogen-bond donors (Lipinski definition) is 1. The number of methoxy groups -OCH3 is 1. The topological polar surface area (TPSA) is 97.8 Å². The Morgan fingerprint density at radius 3 is 2.85 bits per heavy atom. The number of thiazole rings is 1. The van der Waals surface area contributed by atoms with Gasteiger partial charge in [-0.2, -0.15) is 0 Å². The lowest BCUT2D eigenvalue weighted by Crippen LogP contribution is -2.07. The lowest BCUT2D eigenvalue weighted by Gasteiger charge is -2.02. The molecule has 0 atom stereocenters. The molecule has 0 unspecified atom stereocenters. The number of H-pyrrole nitrogens is 1. The zero-order chi connectivity index (χ0) is 18.8. The number of ether oxygens (including phenoxy) is 1. The molecule has 1 aromatic carbocycles. The Morgan fingerprint density at radius 1 is 1.15 bits per heavy atom. The van der Waals surface area contributed by atoms with Crippen molar-refractivity contribution < 1.29 is 14.3 Å². The van der Waals surface area contributed by atoms with E-state index in [1.54, 1.807) is 17.8 Å². The van der Waals surface area contributed by atoms with Crippen LogP contribution in [0.5, 0.6) is 0 Å². The van der Waals surface area contributed by atoms with E-state index in [0.29, 0.717) is 22.7 Å². The number of ketones is 1. The molecule has 7 nitrogen and oxygen atoms in total. The standard InChI is InChI=1S/C19H14N4O3S/c1-26-19(25)16-10-27-17(23-16)6-11-7-20-9-15(22-11)18(24)13-8-21-14-5-3-2-4-12(13)14/h2-5,7-10,21H,6H2,1H3. The van der Waals surface area contributed by atoms with Crippen LogP contribution >= 0.6 is 11.3 Å². The highest BCUT2D eigenvalue weighted by molar-refractivity contribution is 7.09. The van der Waals surface area contributed by atoms with Gasteiger partial charge in [0.15, 0.2) is 5.69 Å². The Morgan fingerprint density at radius 2 is 2.00 bits per heavy atom. The molecule has 0 aliphatic carbocycles. The zero-order valence-corrected chi connectivity index (χ0v) is 15.1. The third kappa shape index (κ3) is 3.34. The third-order valence-corrected chi connectivity index (χ3v) is 4.88. The summed E-state index contributed by atoms with van der Waals surface area (Å²) in [4.78, 5) is 40.3. The molecular weight excluding hydrogens is 364 g/mol. The number of aromatic amines is 1. The van der Waals surface area contributed by atoms with Crippen molar-refractivity contribution in [2.24, 2.45) is 0 Å². The molecule has 1 N–H and O–H groups in total. The summed E-state index contributed by atoms with van der Waals surface area (Å²) in [5.41, 5.74) is 2.58. The largest absolute Gasteiger partial charge is 0.464 e. The number of para-hydroxylation sites is 1. The zero-order valence-electron chi connectivity index (χ0n) is 14.3. The molecule has 134 valence electrons. The Labute approximate surface area is 158 Å². The molecule has 0 spiro atoms. The summed E-state index contributed by atoms with van der Waals surface area (Å²) in [6, 6.07) is 7.59. The van der Waals surface area contributed by atoms with Crippen molar-refractivity contribution in [2.45, 2.75) is 6.42 Å². The average molecular weight is 378 g/mol. The van der Waals surface area contributed by atoms with Gasteiger partial charge in [-0.25, -0.2) is 14.8 Å². The second-order valence-electron chi connectivity index (χ2n) is 5.77. The third-order valence-electron chi connectivity index (χ3n) is 4.03. The number of aromatic nitrogens is 4. The minimum atomic E-state index is -0.480. The first-order chi connectivity index (χ1) is 13.2. The maximum atomic E-state index is 12.9. The van der Waals surface area contributed by atoms with Gasteiger partial charge in [0.1, 0.15) is 5.69 Å². The van der Waals surface area contributed by atoms with Crippen LogP contribution in [0.1, 0.15) is 37.2 Å². The van der Waals surface area contributed by atoms with Crippen molar-refractivity contribution in [3.63, 3.8) is 0 Å². The smallest absolute Gasteiger partial charge is 0.357 e. The molecule has 3 aromatic heterocycles. The van der Waals surface area contributed by atoms with Crippen LogP contribution in [0.3, 0.4) is 0 Å². The molecular formula is C19H14N4O3S. The molecule has 0 aliphatic heterocycles. The Balaban J connectivity index is 1.60. The highest BCUT2D eigenvalue weighted by Gasteiger charge is 2.17. The van der Waals surface area contributed by atoms with E-state index < -0.39 is 5.97 Å². The maximum absolute atomic E-state index is 12.9. The van der Waals surface area contributed by atoms with E-state index in [-0.39, 0.29) is 17.2 Å². The Bertz CT molecular complexity index is 1150. The molecule has 4 aromatic rings. The van der Waals surface area contributed by atoms with Crippen LogP contribution in [0, 0.1) is 0 Å². The van der Waals surface area contributed by atoms with Gasteiger partial charge in [0, 0.05) is 40.7 Å². The summed E-state index contributed by atoms with van der Waals surface area (Å²) in [7, 11) is 1.31. The van der Waals surface area contributed by atoms with Crippen LogP contribution in [0.25, 0.3) is 10.9 Å². The molecule has 0 saturated heterocycles. The van der Waals surface area contributed by atoms with Crippen LogP contribution in [-0.2, 0) is 11.2 Å². The first-order valence-corrected chi connectivity index (χ1v) is 8.98. The van der Waals surface area contributed by atoms with E-state index in [1.165, 1.54) is 24.6 Å². The SMILES string of the molecule is COC(=O)c1csc(Cc2cncc(C(=O)c3c[nH]c4ccccc34)n2)n1. The van der Waals surface area contributed by atoms with Crippen molar-refractivity contribution in [2.75, 3.05) is 7.11 Å². The van der Waals surface area contributed by atoms with Crippen molar-refractivity contribution in [3.8, 4) is 0 Å². The Hall–Kier alpha value is -3.39. The quantitative estimate of drug-likeness (QED) is 0.423. The van der Waals surface area contributed by atoms with E-state index >= 15 is 0 Å². The van der Waals surface area contributed by atoms with Gasteiger partial charge in [-0.1, -0.05) is 18.2 Å². The minimum Gasteiger partial charge on any atom is -0.464 e. The second kappa shape index (κ2) is 7.08. The van der Waals surface area contributed by atoms with Crippen molar-refractivity contribution >= 4 is 34.0 Å². The summed E-state index contributed by atoms with van der Waals surface area (Å²) in [5.74, 6) is -0.678. The first-order valence-electron chi connectivity index (χ1n) is 8.10. The number of nitrogens with one attached hydrogen (secondary N) is 1. The highest BCUT2D eigenvalue weighted by atomic mass is 32.1. The number of esters is 1. The fourth-order valence-electron chi connectivity index (χ4n) is 2.74. The number of fused-ring (bicyclic) bond motifs is 1. The number of carbonyl (C=O) groups is 2. The van der Waals surface area contributed by atoms with Gasteiger partial charge in [-0.3, -0.25) is 9.78 Å². The predicted octanol–water partition coefficient (Wildman–Crippen LogP) is 3.02. The summed E-state index contributed by atoms with van der Waals surface area (Å²) < 4.78 is 4.66. The van der Waals surface area contributed by atoms with Crippen LogP contribution < -0.4 is 0 Å². The van der Waals surface area contributed by atoms with Crippen LogP contribution in [-0.4, -0.2) is 38.8 Å². The van der Waals surface area contributed by atoms with Crippen LogP contribution in [0.4, 0.5) is 0 Å². The van der Waals surface area contributed by atoms with Crippen LogP contribution in [0.15, 0.2) is 48.2 Å². The lowest BCUT2D eigenvalue weighted by atomic mass is 10.1. The van der Waals surface area contributed by atoms with Crippen molar-refractivity contribution in [1.82, 2.24) is 19.9 Å². The summed E-state index contributed by atoms with van der Waals surface area (Å²) >= 11 is 1.33. The van der Waals surface area contributed by atoms with E-state index in [9.17, 15) is 9.59 Å². The van der Waals surface area contributed by atoms with Crippen LogP contribution in [0.2, 0.25) is 0 Å². The molecule has 27 heavy (non-hydrogen) atoms. The molecule has 0 amide bonds. The molecule has 0 saturated carbocycles. The molecule has 3 heterocycles. The van der Waals surface area contributed by atoms with Crippen molar-refractivity contribution in [3.05, 3.63) is 75.9 Å². The molecule has 8 heteroatoms. The van der Waals surface area contributed by atoms with Gasteiger partial charge >= 0.3 is 5.97 Å². The normalized spacial score (nSPS) is 10.9. The summed E-state index contributed by atoms with van der Waals surface area (Å²) in [6.07, 6.45) is 5.11. The van der Waals surface area contributed by atoms with E-state index in [1.807, 2.05) is 24.3 Å². The predicted molar refractivity (Wildman–Crippen MR) is 100 cm³/mol. The fourth-order valence-corrected chi connectivity index (χ4v) is 3.52. The summed E-state index contributed by atoms with van der Waals surface area (Å²) in [5, 5.41) is 3.17. The second-order valence-corrected chi connectivity index (χ2v) is 6.71. The van der Waals surface area contributed by atoms with Gasteiger partial charge in [0.05, 0.1) is 24.0 Å². The molecule has 0 aliphatic rings. The number of benzene rings is 1. The monoisotopic (exact) mass is 378 g/mol. The summed E-state index contributed by atoms with van der Waals surface area (Å²) in [6.45, 7) is 0. The minimum absolute atomic E-state index is 0.198. The highest BCUT2D eigenvalue weighted by Crippen LogP contribution is 2.20. The molecule has 0 bridgehead atoms. The van der Waals surface area contributed by atoms with Crippen molar-refractivity contribution in [1.29, 1.82) is 0 Å². The number of rotatable bonds is 5. The number of hydrogen-bond acceptors (Lipinski definition) is 7. The van der Waals surface area contributed by atoms with Gasteiger partial charge in [0.2, 0.25) is 5.78 Å². The fraction of sp³-hybridized carbons (Fsp3) is 0.105. The Kier molecular flexibility index (Phi) is 4.47. The number of carbonyl (C=O) groups excluding carboxylic acids is 2. The number of nitrogens with zero attached hydrogens (tertiary/aromatic N) is 3. The van der Waals surface area contributed by atoms with E-state index in [4.69, 9.17) is 0 Å². The van der Waals surface area contributed by atoms with Gasteiger partial charge < -0.3 is 9.72 Å². The molecule has 0 fully saturated rings. The average Bonchev–Trinajstić information content (AvgIpc) is 3.34. The van der Waals surface area contributed by atoms with Gasteiger partial charge in [-0.05, 0) is 6.07 Å². The lowest BCUT2D eigenvalue weighted by molar-refractivity contribution is 0.0594. The van der Waals surface area contributed by atoms with Gasteiger partial charge in [0.25, 0.3) is 0 Å².